The van der Waals surface area contributed by atoms with E-state index in [2.05, 4.69) is 21.0 Å². The molecule has 1 unspecified atom stereocenters. The average molecular weight is 438 g/mol. The van der Waals surface area contributed by atoms with E-state index in [1.165, 1.54) is 0 Å². The summed E-state index contributed by atoms with van der Waals surface area (Å²) in [6.45, 7) is 1.99. The highest BCUT2D eigenvalue weighted by Gasteiger charge is 2.24. The van der Waals surface area contributed by atoms with Crippen LogP contribution in [-0.2, 0) is 0 Å². The summed E-state index contributed by atoms with van der Waals surface area (Å²) in [7, 11) is 0. The maximum Gasteiger partial charge on any atom is 0.331 e. The van der Waals surface area contributed by atoms with Gasteiger partial charge in [0, 0.05) is 34.2 Å². The van der Waals surface area contributed by atoms with Crippen LogP contribution in [0.4, 0.5) is 0 Å². The van der Waals surface area contributed by atoms with Crippen LogP contribution in [0.1, 0.15) is 25.2 Å². The maximum atomic E-state index is 13.1. The lowest BCUT2D eigenvalue weighted by Gasteiger charge is -2.14. The zero-order valence-electron chi connectivity index (χ0n) is 17.9. The highest BCUT2D eigenvalue weighted by atomic mass is 16.1. The number of rotatable bonds is 5. The Morgan fingerprint density at radius 2 is 1.88 bits per heavy atom. The minimum absolute atomic E-state index is 0.00348. The van der Waals surface area contributed by atoms with Gasteiger partial charge in [-0.2, -0.15) is 5.26 Å². The molecule has 0 saturated heterocycles. The molecule has 3 aromatic heterocycles. The largest absolute Gasteiger partial charge is 0.370 e. The first-order valence-corrected chi connectivity index (χ1v) is 10.5. The standard InChI is InChI=1S/C24H22N8O/c1-2-21(30-23(26)27)31-13-16(14-7-4-6-10-19(14)31)22-18(11-25)29-24(33)32(22)20-12-28-17-9-5-3-8-15(17)20/h3-10,12-13,21,28H,2H2,1H3,(H,29,33)(H4,26,27,30). The number of aliphatic imine (C=N–C) groups is 1. The Morgan fingerprint density at radius 3 is 2.61 bits per heavy atom. The van der Waals surface area contributed by atoms with E-state index < -0.39 is 0 Å². The summed E-state index contributed by atoms with van der Waals surface area (Å²) in [5.41, 5.74) is 14.8. The number of benzene rings is 2. The quantitative estimate of drug-likeness (QED) is 0.246. The van der Waals surface area contributed by atoms with Crippen molar-refractivity contribution in [2.75, 3.05) is 0 Å². The lowest BCUT2D eigenvalue weighted by Crippen LogP contribution is -2.24. The molecule has 0 fully saturated rings. The van der Waals surface area contributed by atoms with E-state index in [-0.39, 0.29) is 23.5 Å². The van der Waals surface area contributed by atoms with Crippen LogP contribution in [0.5, 0.6) is 0 Å². The normalized spacial score (nSPS) is 12.1. The van der Waals surface area contributed by atoms with E-state index in [4.69, 9.17) is 11.5 Å². The van der Waals surface area contributed by atoms with Crippen molar-refractivity contribution in [3.05, 3.63) is 77.1 Å². The molecule has 0 radical (unpaired) electrons. The molecule has 0 aliphatic heterocycles. The topological polar surface area (TPSA) is 147 Å². The monoisotopic (exact) mass is 438 g/mol. The average Bonchev–Trinajstić information content (AvgIpc) is 3.50. The van der Waals surface area contributed by atoms with Crippen LogP contribution in [-0.4, -0.2) is 25.1 Å². The number of aromatic amines is 2. The van der Waals surface area contributed by atoms with Gasteiger partial charge in [-0.25, -0.2) is 9.79 Å². The third-order valence-corrected chi connectivity index (χ3v) is 5.80. The number of nitrogens with zero attached hydrogens (tertiary/aromatic N) is 4. The number of nitrogens with one attached hydrogen (secondary N) is 2. The fourth-order valence-electron chi connectivity index (χ4n) is 4.40. The smallest absolute Gasteiger partial charge is 0.331 e. The van der Waals surface area contributed by atoms with Crippen LogP contribution in [0.3, 0.4) is 0 Å². The Kier molecular flexibility index (Phi) is 4.75. The number of hydrogen-bond acceptors (Lipinski definition) is 3. The van der Waals surface area contributed by atoms with Crippen molar-refractivity contribution >= 4 is 27.8 Å². The van der Waals surface area contributed by atoms with Gasteiger partial charge in [-0.15, -0.1) is 0 Å². The lowest BCUT2D eigenvalue weighted by molar-refractivity contribution is 0.524. The molecular weight excluding hydrogens is 416 g/mol. The number of hydrogen-bond donors (Lipinski definition) is 4. The minimum atomic E-state index is -0.389. The van der Waals surface area contributed by atoms with Gasteiger partial charge < -0.3 is 21.0 Å². The van der Waals surface area contributed by atoms with Crippen molar-refractivity contribution in [3.8, 4) is 23.0 Å². The predicted molar refractivity (Wildman–Crippen MR) is 129 cm³/mol. The first kappa shape index (κ1) is 20.2. The van der Waals surface area contributed by atoms with Crippen molar-refractivity contribution in [3.63, 3.8) is 0 Å². The third-order valence-electron chi connectivity index (χ3n) is 5.80. The maximum absolute atomic E-state index is 13.1. The fourth-order valence-corrected chi connectivity index (χ4v) is 4.40. The molecule has 6 N–H and O–H groups in total. The number of fused-ring (bicyclic) bond motifs is 2. The van der Waals surface area contributed by atoms with Crippen LogP contribution < -0.4 is 17.2 Å². The molecule has 0 bridgehead atoms. The van der Waals surface area contributed by atoms with Crippen LogP contribution in [0.25, 0.3) is 38.8 Å². The van der Waals surface area contributed by atoms with Crippen molar-refractivity contribution in [1.82, 2.24) is 19.1 Å². The zero-order valence-corrected chi connectivity index (χ0v) is 17.9. The Bertz CT molecular complexity index is 1620. The number of nitriles is 1. The first-order chi connectivity index (χ1) is 16.0. The molecule has 0 spiro atoms. The second-order valence-corrected chi connectivity index (χ2v) is 7.73. The number of imidazole rings is 1. The molecule has 0 amide bonds. The van der Waals surface area contributed by atoms with Crippen molar-refractivity contribution in [1.29, 1.82) is 5.26 Å². The number of para-hydroxylation sites is 2. The van der Waals surface area contributed by atoms with E-state index in [1.54, 1.807) is 10.8 Å². The molecule has 9 heteroatoms. The predicted octanol–water partition coefficient (Wildman–Crippen LogP) is 3.32. The second-order valence-electron chi connectivity index (χ2n) is 7.73. The van der Waals surface area contributed by atoms with Gasteiger partial charge in [-0.05, 0) is 18.6 Å². The number of aromatic nitrogens is 4. The van der Waals surface area contributed by atoms with Crippen LogP contribution >= 0.6 is 0 Å². The summed E-state index contributed by atoms with van der Waals surface area (Å²) in [6, 6.07) is 17.6. The summed E-state index contributed by atoms with van der Waals surface area (Å²) in [4.78, 5) is 23.4. The van der Waals surface area contributed by atoms with Crippen LogP contribution in [0.15, 0.2) is 70.7 Å². The molecule has 33 heavy (non-hydrogen) atoms. The van der Waals surface area contributed by atoms with E-state index in [9.17, 15) is 10.1 Å². The van der Waals surface area contributed by atoms with Crippen molar-refractivity contribution in [2.24, 2.45) is 16.5 Å². The molecule has 3 heterocycles. The zero-order chi connectivity index (χ0) is 23.1. The summed E-state index contributed by atoms with van der Waals surface area (Å²) in [5.74, 6) is -0.00348. The summed E-state index contributed by atoms with van der Waals surface area (Å²) >= 11 is 0. The molecular formula is C24H22N8O. The van der Waals surface area contributed by atoms with E-state index in [0.717, 1.165) is 27.4 Å². The van der Waals surface area contributed by atoms with Crippen molar-refractivity contribution < 1.29 is 0 Å². The van der Waals surface area contributed by atoms with E-state index in [0.29, 0.717) is 17.8 Å². The molecule has 0 aliphatic rings. The Morgan fingerprint density at radius 1 is 1.15 bits per heavy atom. The highest BCUT2D eigenvalue weighted by molar-refractivity contribution is 5.98. The van der Waals surface area contributed by atoms with E-state index in [1.807, 2.05) is 66.2 Å². The van der Waals surface area contributed by atoms with Gasteiger partial charge in [-0.1, -0.05) is 43.3 Å². The fraction of sp³-hybridized carbons (Fsp3) is 0.125. The van der Waals surface area contributed by atoms with Crippen molar-refractivity contribution in [2.45, 2.75) is 19.5 Å². The Hall–Kier alpha value is -4.71. The SMILES string of the molecule is CCC(N=C(N)N)n1cc(-c2c(C#N)[nH]c(=O)n2-c2c[nH]c3ccccc23)c2ccccc21. The first-order valence-electron chi connectivity index (χ1n) is 10.5. The number of nitrogens with two attached hydrogens (primary N) is 2. The number of H-pyrrole nitrogens is 2. The molecule has 9 nitrogen and oxygen atoms in total. The molecule has 2 aromatic carbocycles. The lowest BCUT2D eigenvalue weighted by atomic mass is 10.1. The molecule has 1 atom stereocenters. The van der Waals surface area contributed by atoms with Gasteiger partial charge in [0.05, 0.1) is 16.9 Å². The third kappa shape index (κ3) is 3.16. The molecule has 5 aromatic rings. The van der Waals surface area contributed by atoms with Gasteiger partial charge in [-0.3, -0.25) is 9.55 Å². The molecule has 5 rings (SSSR count). The highest BCUT2D eigenvalue weighted by Crippen LogP contribution is 2.36. The van der Waals surface area contributed by atoms with Crippen LogP contribution in [0, 0.1) is 11.3 Å². The molecule has 164 valence electrons. The second kappa shape index (κ2) is 7.76. The summed E-state index contributed by atoms with van der Waals surface area (Å²) in [5, 5.41) is 11.6. The molecule has 0 saturated carbocycles. The summed E-state index contributed by atoms with van der Waals surface area (Å²) in [6.07, 6.45) is 4.01. The van der Waals surface area contributed by atoms with Gasteiger partial charge in [0.1, 0.15) is 17.9 Å². The van der Waals surface area contributed by atoms with Gasteiger partial charge in [0.2, 0.25) is 0 Å². The Balaban J connectivity index is 1.85. The van der Waals surface area contributed by atoms with Gasteiger partial charge in [0.25, 0.3) is 0 Å². The summed E-state index contributed by atoms with van der Waals surface area (Å²) < 4.78 is 3.52. The van der Waals surface area contributed by atoms with E-state index >= 15 is 0 Å². The van der Waals surface area contributed by atoms with Gasteiger partial charge in [0.15, 0.2) is 5.96 Å². The Labute approximate surface area is 188 Å². The van der Waals surface area contributed by atoms with Crippen LogP contribution in [0.2, 0.25) is 0 Å². The minimum Gasteiger partial charge on any atom is -0.370 e. The molecule has 0 aliphatic carbocycles. The number of guanidine groups is 1. The van der Waals surface area contributed by atoms with Gasteiger partial charge >= 0.3 is 5.69 Å².